The number of thiocarbonyl (C=S) groups is 1. The van der Waals surface area contributed by atoms with Crippen LogP contribution in [0.25, 0.3) is 17.4 Å². The number of carboxylic acid groups (broad SMARTS) is 1. The summed E-state index contributed by atoms with van der Waals surface area (Å²) in [5, 5.41) is 19.9. The van der Waals surface area contributed by atoms with E-state index in [1.54, 1.807) is 30.3 Å². The predicted octanol–water partition coefficient (Wildman–Crippen LogP) is 3.14. The number of hydrogen-bond acceptors (Lipinski definition) is 7. The Morgan fingerprint density at radius 1 is 1.35 bits per heavy atom. The van der Waals surface area contributed by atoms with Gasteiger partial charge < -0.3 is 9.52 Å². The number of carboxylic acids is 1. The number of furan rings is 1. The van der Waals surface area contributed by atoms with E-state index < -0.39 is 23.3 Å². The van der Waals surface area contributed by atoms with Crippen LogP contribution < -0.4 is 0 Å². The van der Waals surface area contributed by atoms with Gasteiger partial charge in [-0.15, -0.1) is 0 Å². The topological polar surface area (TPSA) is 114 Å². The molecule has 1 aliphatic rings. The lowest BCUT2D eigenvalue weighted by atomic mass is 10.1. The molecule has 0 unspecified atom stereocenters. The molecule has 0 spiro atoms. The van der Waals surface area contributed by atoms with Crippen LogP contribution in [-0.2, 0) is 9.59 Å². The minimum Gasteiger partial charge on any atom is -0.480 e. The molecule has 0 saturated carbocycles. The predicted molar refractivity (Wildman–Crippen MR) is 98.3 cm³/mol. The minimum absolute atomic E-state index is 0.0961. The molecule has 1 aromatic carbocycles. The van der Waals surface area contributed by atoms with E-state index >= 15 is 0 Å². The second-order valence-corrected chi connectivity index (χ2v) is 6.81. The largest absolute Gasteiger partial charge is 0.480 e. The third kappa shape index (κ3) is 3.51. The Bertz CT molecular complexity index is 965. The van der Waals surface area contributed by atoms with E-state index in [1.807, 2.05) is 0 Å². The highest BCUT2D eigenvalue weighted by Gasteiger charge is 2.33. The van der Waals surface area contributed by atoms with Crippen molar-refractivity contribution in [3.63, 3.8) is 0 Å². The molecule has 1 fully saturated rings. The summed E-state index contributed by atoms with van der Waals surface area (Å²) < 4.78 is 5.75. The molecule has 1 aromatic heterocycles. The summed E-state index contributed by atoms with van der Waals surface area (Å²) in [4.78, 5) is 34.9. The van der Waals surface area contributed by atoms with Crippen molar-refractivity contribution in [1.29, 1.82) is 0 Å². The van der Waals surface area contributed by atoms with Crippen LogP contribution in [-0.4, -0.2) is 37.7 Å². The van der Waals surface area contributed by atoms with E-state index in [2.05, 4.69) is 0 Å². The van der Waals surface area contributed by atoms with Crippen molar-refractivity contribution in [2.75, 3.05) is 6.54 Å². The number of nitro groups is 1. The number of benzene rings is 1. The van der Waals surface area contributed by atoms with Gasteiger partial charge in [-0.2, -0.15) is 0 Å². The van der Waals surface area contributed by atoms with Gasteiger partial charge in [0.05, 0.1) is 15.4 Å². The lowest BCUT2D eigenvalue weighted by molar-refractivity contribution is -0.384. The second kappa shape index (κ2) is 7.10. The minimum atomic E-state index is -1.17. The zero-order valence-corrected chi connectivity index (χ0v) is 14.6. The maximum absolute atomic E-state index is 12.2. The van der Waals surface area contributed by atoms with Crippen molar-refractivity contribution >= 4 is 51.9 Å². The van der Waals surface area contributed by atoms with E-state index in [9.17, 15) is 19.7 Å². The Hall–Kier alpha value is -2.98. The molecule has 8 nitrogen and oxygen atoms in total. The SMILES string of the molecule is O=C(O)CN1C(=O)/C(=C\c2ccc(-c3ccccc3[N+](=O)[O-])o2)SC1=S. The third-order valence-corrected chi connectivity index (χ3v) is 4.81. The number of carbonyl (C=O) groups is 2. The summed E-state index contributed by atoms with van der Waals surface area (Å²) in [5.41, 5.74) is 0.219. The van der Waals surface area contributed by atoms with E-state index in [4.69, 9.17) is 21.7 Å². The molecule has 0 radical (unpaired) electrons. The van der Waals surface area contributed by atoms with Crippen LogP contribution in [0.3, 0.4) is 0 Å². The van der Waals surface area contributed by atoms with Crippen LogP contribution in [0.5, 0.6) is 0 Å². The first-order valence-corrected chi connectivity index (χ1v) is 8.40. The molecule has 3 rings (SSSR count). The van der Waals surface area contributed by atoms with Gasteiger partial charge in [-0.25, -0.2) is 0 Å². The molecule has 0 atom stereocenters. The molecule has 1 aliphatic heterocycles. The fraction of sp³-hybridized carbons (Fsp3) is 0.0625. The van der Waals surface area contributed by atoms with Crippen molar-refractivity contribution < 1.29 is 24.0 Å². The van der Waals surface area contributed by atoms with Crippen molar-refractivity contribution in [2.24, 2.45) is 0 Å². The van der Waals surface area contributed by atoms with Crippen LogP contribution in [0.15, 0.2) is 45.7 Å². The quantitative estimate of drug-likeness (QED) is 0.358. The number of nitro benzene ring substituents is 1. The number of para-hydroxylation sites is 1. The third-order valence-electron chi connectivity index (χ3n) is 3.43. The van der Waals surface area contributed by atoms with Gasteiger partial charge in [0.1, 0.15) is 22.4 Å². The first-order chi connectivity index (χ1) is 12.4. The molecule has 0 aliphatic carbocycles. The average molecular weight is 390 g/mol. The molecule has 132 valence electrons. The maximum atomic E-state index is 12.2. The van der Waals surface area contributed by atoms with Crippen molar-refractivity contribution in [3.8, 4) is 11.3 Å². The first-order valence-electron chi connectivity index (χ1n) is 7.17. The summed E-state index contributed by atoms with van der Waals surface area (Å²) in [6.07, 6.45) is 1.43. The molecule has 2 heterocycles. The molecule has 1 N–H and O–H groups in total. The summed E-state index contributed by atoms with van der Waals surface area (Å²) in [6.45, 7) is -0.512. The van der Waals surface area contributed by atoms with E-state index in [0.717, 1.165) is 16.7 Å². The number of hydrogen-bond donors (Lipinski definition) is 1. The van der Waals surface area contributed by atoms with Crippen LogP contribution in [0.2, 0.25) is 0 Å². The highest BCUT2D eigenvalue weighted by atomic mass is 32.2. The molecule has 1 amide bonds. The van der Waals surface area contributed by atoms with Crippen molar-refractivity contribution in [3.05, 3.63) is 57.2 Å². The smallest absolute Gasteiger partial charge is 0.323 e. The number of thioether (sulfide) groups is 1. The second-order valence-electron chi connectivity index (χ2n) is 5.14. The summed E-state index contributed by atoms with van der Waals surface area (Å²) in [7, 11) is 0. The Kier molecular flexibility index (Phi) is 4.87. The van der Waals surface area contributed by atoms with E-state index in [-0.39, 0.29) is 20.7 Å². The highest BCUT2D eigenvalue weighted by molar-refractivity contribution is 8.26. The molecule has 26 heavy (non-hydrogen) atoms. The lowest BCUT2D eigenvalue weighted by Gasteiger charge is -2.09. The number of carbonyl (C=O) groups excluding carboxylic acids is 1. The first kappa shape index (κ1) is 17.8. The Labute approximate surface area is 156 Å². The normalized spacial score (nSPS) is 15.7. The fourth-order valence-electron chi connectivity index (χ4n) is 2.32. The monoisotopic (exact) mass is 390 g/mol. The average Bonchev–Trinajstić information content (AvgIpc) is 3.15. The standard InChI is InChI=1S/C16H10N2O6S2/c19-14(20)8-17-15(21)13(26-16(17)25)7-9-5-6-12(24-9)10-3-1-2-4-11(10)18(22)23/h1-7H,8H2,(H,19,20)/b13-7+. The Morgan fingerprint density at radius 2 is 2.08 bits per heavy atom. The lowest BCUT2D eigenvalue weighted by Crippen LogP contribution is -2.33. The van der Waals surface area contributed by atoms with Gasteiger partial charge in [0.25, 0.3) is 11.6 Å². The van der Waals surface area contributed by atoms with Gasteiger partial charge in [0.2, 0.25) is 0 Å². The highest BCUT2D eigenvalue weighted by Crippen LogP contribution is 2.35. The fourth-order valence-corrected chi connectivity index (χ4v) is 3.55. The Morgan fingerprint density at radius 3 is 2.77 bits per heavy atom. The van der Waals surface area contributed by atoms with Crippen LogP contribution in [0, 0.1) is 10.1 Å². The van der Waals surface area contributed by atoms with Gasteiger partial charge in [-0.3, -0.25) is 24.6 Å². The Balaban J connectivity index is 1.89. The summed E-state index contributed by atoms with van der Waals surface area (Å²) >= 11 is 5.98. The van der Waals surface area contributed by atoms with Crippen LogP contribution in [0.4, 0.5) is 5.69 Å². The number of amides is 1. The van der Waals surface area contributed by atoms with Gasteiger partial charge in [0.15, 0.2) is 0 Å². The number of nitrogens with zero attached hydrogens (tertiary/aromatic N) is 2. The van der Waals surface area contributed by atoms with E-state index in [1.165, 1.54) is 12.1 Å². The van der Waals surface area contributed by atoms with E-state index in [0.29, 0.717) is 11.3 Å². The molecular weight excluding hydrogens is 380 g/mol. The molecule has 0 bridgehead atoms. The van der Waals surface area contributed by atoms with Gasteiger partial charge in [-0.1, -0.05) is 36.1 Å². The zero-order valence-electron chi connectivity index (χ0n) is 12.9. The van der Waals surface area contributed by atoms with Crippen molar-refractivity contribution in [1.82, 2.24) is 4.90 Å². The summed E-state index contributed by atoms with van der Waals surface area (Å²) in [5.74, 6) is -1.11. The number of aliphatic carboxylic acids is 1. The van der Waals surface area contributed by atoms with Crippen LogP contribution in [0.1, 0.15) is 5.76 Å². The van der Waals surface area contributed by atoms with Gasteiger partial charge in [-0.05, 0) is 18.2 Å². The number of rotatable bonds is 5. The molecular formula is C16H10N2O6S2. The molecule has 10 heteroatoms. The maximum Gasteiger partial charge on any atom is 0.323 e. The van der Waals surface area contributed by atoms with Gasteiger partial charge in [0, 0.05) is 12.1 Å². The van der Waals surface area contributed by atoms with Crippen LogP contribution >= 0.6 is 24.0 Å². The summed E-state index contributed by atoms with van der Waals surface area (Å²) in [6, 6.07) is 9.27. The van der Waals surface area contributed by atoms with Crippen molar-refractivity contribution in [2.45, 2.75) is 0 Å². The zero-order chi connectivity index (χ0) is 18.8. The van der Waals surface area contributed by atoms with Gasteiger partial charge >= 0.3 is 5.97 Å². The molecule has 2 aromatic rings. The molecule has 1 saturated heterocycles.